The van der Waals surface area contributed by atoms with E-state index in [0.29, 0.717) is 35.9 Å². The second-order valence-corrected chi connectivity index (χ2v) is 13.9. The molecule has 1 unspecified atom stereocenters. The maximum absolute atomic E-state index is 13.6. The topological polar surface area (TPSA) is 186 Å². The van der Waals surface area contributed by atoms with Crippen molar-refractivity contribution in [2.24, 2.45) is 5.73 Å². The number of ether oxygens (including phenoxy) is 4. The number of nitrogens with two attached hydrogens (primary N) is 1. The molecule has 0 radical (unpaired) electrons. The van der Waals surface area contributed by atoms with Crippen molar-refractivity contribution < 1.29 is 38.1 Å². The minimum Gasteiger partial charge on any atom is -0.453 e. The van der Waals surface area contributed by atoms with Crippen LogP contribution in [0.1, 0.15) is 61.0 Å². The van der Waals surface area contributed by atoms with Gasteiger partial charge in [-0.25, -0.2) is 9.69 Å². The van der Waals surface area contributed by atoms with Gasteiger partial charge in [0.15, 0.2) is 17.3 Å². The van der Waals surface area contributed by atoms with Gasteiger partial charge in [0, 0.05) is 27.8 Å². The van der Waals surface area contributed by atoms with E-state index in [9.17, 15) is 19.2 Å². The number of amides is 4. The summed E-state index contributed by atoms with van der Waals surface area (Å²) in [5, 5.41) is 15.0. The molecule has 3 aromatic rings. The van der Waals surface area contributed by atoms with E-state index in [1.165, 1.54) is 33.3 Å². The third kappa shape index (κ3) is 7.09. The molecule has 2 atom stereocenters. The van der Waals surface area contributed by atoms with Crippen LogP contribution < -0.4 is 26.0 Å². The second kappa shape index (κ2) is 13.1. The molecule has 0 bridgehead atoms. The number of hydrogen-bond donors (Lipinski definition) is 4. The highest BCUT2D eigenvalue weighted by atomic mass is 32.1. The summed E-state index contributed by atoms with van der Waals surface area (Å²) in [4.78, 5) is 57.3. The van der Waals surface area contributed by atoms with Crippen LogP contribution in [0.5, 0.6) is 11.5 Å². The van der Waals surface area contributed by atoms with Gasteiger partial charge in [-0.05, 0) is 64.1 Å². The lowest BCUT2D eigenvalue weighted by Crippen LogP contribution is -2.49. The molecule has 15 heteroatoms. The normalized spacial score (nSPS) is 18.2. The Hall–Kier alpha value is -4.99. The van der Waals surface area contributed by atoms with Gasteiger partial charge in [0.2, 0.25) is 11.8 Å². The number of likely N-dealkylation sites (tertiary alicyclic amines) is 1. The molecule has 6 rings (SSSR count). The first-order chi connectivity index (χ1) is 23.2. The van der Waals surface area contributed by atoms with E-state index in [4.69, 9.17) is 30.1 Å². The van der Waals surface area contributed by atoms with Crippen molar-refractivity contribution in [2.75, 3.05) is 31.2 Å². The molecule has 1 aromatic heterocycles. The number of thiophene rings is 1. The van der Waals surface area contributed by atoms with Gasteiger partial charge >= 0.3 is 6.09 Å². The Labute approximate surface area is 286 Å². The summed E-state index contributed by atoms with van der Waals surface area (Å²) in [5.74, 6) is -1.96. The number of rotatable bonds is 7. The fraction of sp³-hybridized carbons (Fsp3) is 0.382. The van der Waals surface area contributed by atoms with Gasteiger partial charge in [-0.2, -0.15) is 0 Å². The Morgan fingerprint density at radius 1 is 1.06 bits per heavy atom. The lowest BCUT2D eigenvalue weighted by molar-refractivity contribution is -0.152. The Kier molecular flexibility index (Phi) is 9.09. The van der Waals surface area contributed by atoms with E-state index in [2.05, 4.69) is 10.6 Å². The molecular weight excluding hydrogens is 652 g/mol. The predicted molar refractivity (Wildman–Crippen MR) is 180 cm³/mol. The molecule has 3 aliphatic heterocycles. The minimum absolute atomic E-state index is 0.0221. The Balaban J connectivity index is 1.15. The summed E-state index contributed by atoms with van der Waals surface area (Å²) < 4.78 is 23.4. The number of nitrogens with one attached hydrogen (secondary N) is 3. The zero-order chi connectivity index (χ0) is 35.1. The van der Waals surface area contributed by atoms with Crippen molar-refractivity contribution in [1.82, 2.24) is 15.5 Å². The van der Waals surface area contributed by atoms with Gasteiger partial charge in [0.25, 0.3) is 5.91 Å². The fourth-order valence-corrected chi connectivity index (χ4v) is 6.82. The standard InChI is InChI=1S/C34H38N6O8S/c1-19(27-14-21(17-49-27)29(35)36)38-31(43)24-15-34(45-11-12-46-34)18-39(24)28(41)16-37-30(42)20-9-10-23-26(13-20)47-25-8-6-5-7-22(25)40(23)32(44)48-33(2,3)4/h5-10,13-14,17,19,24H,11-12,15-16,18H2,1-4H3,(H3,35,36)(H,37,42)(H,38,43)/t19?,24-/m0/s1. The van der Waals surface area contributed by atoms with E-state index in [1.807, 2.05) is 0 Å². The number of anilines is 2. The van der Waals surface area contributed by atoms with Gasteiger partial charge in [-0.3, -0.25) is 19.8 Å². The third-order valence-corrected chi connectivity index (χ3v) is 9.33. The number of carbonyl (C=O) groups excluding carboxylic acids is 4. The number of carbonyl (C=O) groups is 4. The van der Waals surface area contributed by atoms with Crippen molar-refractivity contribution in [3.05, 3.63) is 69.9 Å². The summed E-state index contributed by atoms with van der Waals surface area (Å²) in [6.07, 6.45) is -0.471. The molecule has 2 aromatic carbocycles. The first-order valence-corrected chi connectivity index (χ1v) is 16.6. The molecule has 4 heterocycles. The summed E-state index contributed by atoms with van der Waals surface area (Å²) in [6.45, 7) is 7.42. The van der Waals surface area contributed by atoms with Gasteiger partial charge < -0.3 is 40.2 Å². The van der Waals surface area contributed by atoms with Crippen molar-refractivity contribution in [1.29, 1.82) is 5.41 Å². The zero-order valence-corrected chi connectivity index (χ0v) is 28.3. The van der Waals surface area contributed by atoms with Crippen LogP contribution >= 0.6 is 11.3 Å². The van der Waals surface area contributed by atoms with Crippen LogP contribution in [-0.4, -0.2) is 78.3 Å². The monoisotopic (exact) mass is 690 g/mol. The second-order valence-electron chi connectivity index (χ2n) is 13.0. The highest BCUT2D eigenvalue weighted by Crippen LogP contribution is 2.47. The predicted octanol–water partition coefficient (Wildman–Crippen LogP) is 4.16. The largest absolute Gasteiger partial charge is 0.453 e. The number of nitrogens with zero attached hydrogens (tertiary/aromatic N) is 2. The first-order valence-electron chi connectivity index (χ1n) is 15.8. The van der Waals surface area contributed by atoms with E-state index < -0.39 is 53.8 Å². The molecule has 4 amide bonds. The van der Waals surface area contributed by atoms with Crippen LogP contribution in [-0.2, 0) is 23.8 Å². The van der Waals surface area contributed by atoms with Gasteiger partial charge in [0.1, 0.15) is 17.5 Å². The number of fused-ring (bicyclic) bond motifs is 2. The fourth-order valence-electron chi connectivity index (χ4n) is 5.91. The van der Waals surface area contributed by atoms with Crippen molar-refractivity contribution in [3.8, 4) is 11.5 Å². The van der Waals surface area contributed by atoms with Crippen LogP contribution in [0.15, 0.2) is 53.9 Å². The highest BCUT2D eigenvalue weighted by Gasteiger charge is 2.52. The van der Waals surface area contributed by atoms with E-state index >= 15 is 0 Å². The molecule has 3 aliphatic rings. The number of benzene rings is 2. The molecule has 14 nitrogen and oxygen atoms in total. The smallest absolute Gasteiger partial charge is 0.419 e. The lowest BCUT2D eigenvalue weighted by Gasteiger charge is -2.32. The number of para-hydroxylation sites is 2. The van der Waals surface area contributed by atoms with Crippen LogP contribution in [0.4, 0.5) is 16.2 Å². The maximum Gasteiger partial charge on any atom is 0.419 e. The van der Waals surface area contributed by atoms with E-state index in [1.54, 1.807) is 69.5 Å². The molecule has 2 fully saturated rings. The molecule has 258 valence electrons. The summed E-state index contributed by atoms with van der Waals surface area (Å²) in [6, 6.07) is 12.0. The third-order valence-electron chi connectivity index (χ3n) is 8.21. The Morgan fingerprint density at radius 2 is 1.78 bits per heavy atom. The van der Waals surface area contributed by atoms with Crippen LogP contribution in [0.3, 0.4) is 0 Å². The first kappa shape index (κ1) is 33.9. The van der Waals surface area contributed by atoms with Crippen molar-refractivity contribution in [2.45, 2.75) is 57.6 Å². The number of hydrogen-bond acceptors (Lipinski definition) is 10. The van der Waals surface area contributed by atoms with Gasteiger partial charge in [-0.1, -0.05) is 12.1 Å². The molecule has 0 saturated carbocycles. The summed E-state index contributed by atoms with van der Waals surface area (Å²) in [5.41, 5.74) is 6.49. The van der Waals surface area contributed by atoms with Crippen LogP contribution in [0, 0.1) is 5.41 Å². The lowest BCUT2D eigenvalue weighted by atomic mass is 10.1. The zero-order valence-electron chi connectivity index (χ0n) is 27.5. The minimum atomic E-state index is -1.11. The highest BCUT2D eigenvalue weighted by molar-refractivity contribution is 7.10. The average molecular weight is 691 g/mol. The summed E-state index contributed by atoms with van der Waals surface area (Å²) >= 11 is 1.37. The van der Waals surface area contributed by atoms with Crippen LogP contribution in [0.2, 0.25) is 0 Å². The molecule has 2 saturated heterocycles. The van der Waals surface area contributed by atoms with Crippen molar-refractivity contribution >= 4 is 52.4 Å². The molecular formula is C34H38N6O8S. The molecule has 0 aliphatic carbocycles. The average Bonchev–Trinajstić information content (AvgIpc) is 3.82. The number of amidine groups is 1. The molecule has 49 heavy (non-hydrogen) atoms. The molecule has 1 spiro atoms. The summed E-state index contributed by atoms with van der Waals surface area (Å²) in [7, 11) is 0. The Morgan fingerprint density at radius 3 is 2.47 bits per heavy atom. The van der Waals surface area contributed by atoms with Gasteiger partial charge in [0.05, 0.1) is 43.7 Å². The molecule has 5 N–H and O–H groups in total. The quantitative estimate of drug-likeness (QED) is 0.209. The van der Waals surface area contributed by atoms with E-state index in [-0.39, 0.29) is 30.1 Å². The van der Waals surface area contributed by atoms with Crippen molar-refractivity contribution in [3.63, 3.8) is 0 Å². The van der Waals surface area contributed by atoms with E-state index in [0.717, 1.165) is 4.88 Å². The SMILES string of the molecule is CC(NC(=O)[C@@H]1CC2(CN1C(=O)CNC(=O)c1ccc3c(c1)Oc1ccccc1N3C(=O)OC(C)(C)C)OCCO2)c1cc(C(=N)N)cs1. The number of nitrogen functional groups attached to an aromatic ring is 1. The Bertz CT molecular complexity index is 1810. The van der Waals surface area contributed by atoms with Crippen LogP contribution in [0.25, 0.3) is 0 Å². The van der Waals surface area contributed by atoms with Gasteiger partial charge in [-0.15, -0.1) is 11.3 Å². The maximum atomic E-state index is 13.6.